The van der Waals surface area contributed by atoms with E-state index in [-0.39, 0.29) is 10.4 Å². The molecule has 0 aliphatic heterocycles. The van der Waals surface area contributed by atoms with E-state index in [0.29, 0.717) is 5.39 Å². The first-order valence-corrected chi connectivity index (χ1v) is 6.32. The smallest absolute Gasteiger partial charge is 0.265 e. The van der Waals surface area contributed by atoms with Gasteiger partial charge < -0.3 is 5.11 Å². The third-order valence-electron chi connectivity index (χ3n) is 1.97. The van der Waals surface area contributed by atoms with Gasteiger partial charge in [0.1, 0.15) is 10.4 Å². The predicted octanol–water partition coefficient (Wildman–Crippen LogP) is 1.87. The van der Waals surface area contributed by atoms with Crippen molar-refractivity contribution in [3.8, 4) is 5.75 Å². The molecule has 0 atom stereocenters. The molecule has 0 spiro atoms. The standard InChI is InChI=1S/C9H6ClNO3S/c10-15(13,14)7-4-3-6-2-1-5-11-8(6)9(7)12/h1-5,12H. The molecule has 0 saturated carbocycles. The van der Waals surface area contributed by atoms with Crippen LogP contribution in [-0.4, -0.2) is 18.5 Å². The summed E-state index contributed by atoms with van der Waals surface area (Å²) in [7, 11) is 1.21. The summed E-state index contributed by atoms with van der Waals surface area (Å²) >= 11 is 0. The van der Waals surface area contributed by atoms with Crippen LogP contribution in [0.4, 0.5) is 0 Å². The molecule has 6 heteroatoms. The van der Waals surface area contributed by atoms with Crippen LogP contribution in [0.5, 0.6) is 5.75 Å². The van der Waals surface area contributed by atoms with Crippen LogP contribution in [0.15, 0.2) is 35.4 Å². The molecule has 1 N–H and O–H groups in total. The maximum absolute atomic E-state index is 11.1. The van der Waals surface area contributed by atoms with Crippen LogP contribution in [0.2, 0.25) is 0 Å². The van der Waals surface area contributed by atoms with E-state index in [9.17, 15) is 13.5 Å². The number of fused-ring (bicyclic) bond motifs is 1. The summed E-state index contributed by atoms with van der Waals surface area (Å²) < 4.78 is 22.2. The number of benzene rings is 1. The van der Waals surface area contributed by atoms with E-state index >= 15 is 0 Å². The molecule has 2 rings (SSSR count). The molecule has 4 nitrogen and oxygen atoms in total. The molecule has 2 aromatic rings. The van der Waals surface area contributed by atoms with Gasteiger partial charge in [0.25, 0.3) is 9.05 Å². The van der Waals surface area contributed by atoms with Gasteiger partial charge >= 0.3 is 0 Å². The van der Waals surface area contributed by atoms with Crippen molar-refractivity contribution in [3.05, 3.63) is 30.5 Å². The zero-order valence-electron chi connectivity index (χ0n) is 7.38. The summed E-state index contributed by atoms with van der Waals surface area (Å²) in [5.74, 6) is -0.414. The van der Waals surface area contributed by atoms with Crippen LogP contribution in [0.3, 0.4) is 0 Å². The average molecular weight is 244 g/mol. The number of aromatic nitrogens is 1. The molecule has 78 valence electrons. The molecular formula is C9H6ClNO3S. The van der Waals surface area contributed by atoms with Crippen LogP contribution in [-0.2, 0) is 9.05 Å². The monoisotopic (exact) mass is 243 g/mol. The van der Waals surface area contributed by atoms with Crippen LogP contribution < -0.4 is 0 Å². The number of pyridine rings is 1. The van der Waals surface area contributed by atoms with Gasteiger partial charge in [-0.2, -0.15) is 0 Å². The van der Waals surface area contributed by atoms with E-state index in [2.05, 4.69) is 4.98 Å². The molecule has 0 aliphatic rings. The van der Waals surface area contributed by atoms with Crippen molar-refractivity contribution in [1.82, 2.24) is 4.98 Å². The lowest BCUT2D eigenvalue weighted by Gasteiger charge is -2.03. The summed E-state index contributed by atoms with van der Waals surface area (Å²) in [6.45, 7) is 0. The lowest BCUT2D eigenvalue weighted by Crippen LogP contribution is -1.92. The van der Waals surface area contributed by atoms with Crippen molar-refractivity contribution < 1.29 is 13.5 Å². The highest BCUT2D eigenvalue weighted by Crippen LogP contribution is 2.31. The first-order chi connectivity index (χ1) is 7.00. The Balaban J connectivity index is 2.88. The molecule has 0 aliphatic carbocycles. The molecule has 0 amide bonds. The van der Waals surface area contributed by atoms with Crippen molar-refractivity contribution in [3.63, 3.8) is 0 Å². The maximum atomic E-state index is 11.1. The minimum atomic E-state index is -3.94. The quantitative estimate of drug-likeness (QED) is 0.777. The Labute approximate surface area is 90.6 Å². The zero-order valence-corrected chi connectivity index (χ0v) is 8.96. The normalized spacial score (nSPS) is 11.8. The lowest BCUT2D eigenvalue weighted by atomic mass is 10.2. The second kappa shape index (κ2) is 3.36. The van der Waals surface area contributed by atoms with Gasteiger partial charge in [0.15, 0.2) is 5.75 Å². The number of nitrogens with zero attached hydrogens (tertiary/aromatic N) is 1. The molecule has 0 fully saturated rings. The lowest BCUT2D eigenvalue weighted by molar-refractivity contribution is 0.465. The summed E-state index contributed by atoms with van der Waals surface area (Å²) in [6.07, 6.45) is 1.46. The number of halogens is 1. The van der Waals surface area contributed by atoms with Gasteiger partial charge in [-0.15, -0.1) is 0 Å². The molecule has 0 radical (unpaired) electrons. The minimum Gasteiger partial charge on any atom is -0.504 e. The fourth-order valence-electron chi connectivity index (χ4n) is 1.31. The fraction of sp³-hybridized carbons (Fsp3) is 0. The molecule has 1 aromatic carbocycles. The highest BCUT2D eigenvalue weighted by atomic mass is 35.7. The van der Waals surface area contributed by atoms with E-state index in [1.165, 1.54) is 18.3 Å². The third kappa shape index (κ3) is 1.75. The average Bonchev–Trinajstić information content (AvgIpc) is 2.16. The van der Waals surface area contributed by atoms with E-state index < -0.39 is 14.8 Å². The number of phenols is 1. The number of rotatable bonds is 1. The molecular weight excluding hydrogens is 238 g/mol. The van der Waals surface area contributed by atoms with Crippen molar-refractivity contribution in [1.29, 1.82) is 0 Å². The Morgan fingerprint density at radius 3 is 2.67 bits per heavy atom. The molecule has 0 bridgehead atoms. The minimum absolute atomic E-state index is 0.222. The maximum Gasteiger partial charge on any atom is 0.265 e. The van der Waals surface area contributed by atoms with Gasteiger partial charge in [-0.1, -0.05) is 12.1 Å². The SMILES string of the molecule is O=S(=O)(Cl)c1ccc2cccnc2c1O. The van der Waals surface area contributed by atoms with E-state index in [1.54, 1.807) is 12.1 Å². The van der Waals surface area contributed by atoms with Gasteiger partial charge in [-0.25, -0.2) is 8.42 Å². The Morgan fingerprint density at radius 1 is 1.27 bits per heavy atom. The van der Waals surface area contributed by atoms with E-state index in [4.69, 9.17) is 10.7 Å². The molecule has 1 aromatic heterocycles. The summed E-state index contributed by atoms with van der Waals surface area (Å²) in [5.41, 5.74) is 0.222. The van der Waals surface area contributed by atoms with Gasteiger partial charge in [0.2, 0.25) is 0 Å². The first kappa shape index (κ1) is 10.2. The highest BCUT2D eigenvalue weighted by molar-refractivity contribution is 8.13. The van der Waals surface area contributed by atoms with Crippen molar-refractivity contribution in [2.24, 2.45) is 0 Å². The summed E-state index contributed by atoms with van der Waals surface area (Å²) in [4.78, 5) is 3.56. The first-order valence-electron chi connectivity index (χ1n) is 4.01. The van der Waals surface area contributed by atoms with Crippen LogP contribution in [0.1, 0.15) is 0 Å². The van der Waals surface area contributed by atoms with Crippen LogP contribution >= 0.6 is 10.7 Å². The number of phenolic OH excluding ortho intramolecular Hbond substituents is 1. The molecule has 15 heavy (non-hydrogen) atoms. The van der Waals surface area contributed by atoms with Gasteiger partial charge in [0.05, 0.1) is 0 Å². The van der Waals surface area contributed by atoms with Crippen LogP contribution in [0.25, 0.3) is 10.9 Å². The third-order valence-corrected chi connectivity index (χ3v) is 3.33. The molecule has 1 heterocycles. The second-order valence-electron chi connectivity index (χ2n) is 2.93. The van der Waals surface area contributed by atoms with Crippen molar-refractivity contribution in [2.75, 3.05) is 0 Å². The van der Waals surface area contributed by atoms with Gasteiger partial charge in [-0.05, 0) is 12.1 Å². The Morgan fingerprint density at radius 2 is 2.00 bits per heavy atom. The Bertz CT molecular complexity index is 624. The summed E-state index contributed by atoms with van der Waals surface area (Å²) in [5, 5.41) is 10.3. The van der Waals surface area contributed by atoms with E-state index in [0.717, 1.165) is 0 Å². The Kier molecular flexibility index (Phi) is 2.28. The van der Waals surface area contributed by atoms with Gasteiger partial charge in [-0.3, -0.25) is 4.98 Å². The second-order valence-corrected chi connectivity index (χ2v) is 5.46. The van der Waals surface area contributed by atoms with Gasteiger partial charge in [0, 0.05) is 22.3 Å². The number of aromatic hydroxyl groups is 1. The fourth-order valence-corrected chi connectivity index (χ4v) is 2.24. The number of hydrogen-bond donors (Lipinski definition) is 1. The predicted molar refractivity (Wildman–Crippen MR) is 56.4 cm³/mol. The Hall–Kier alpha value is -1.33. The molecule has 0 saturated heterocycles. The van der Waals surface area contributed by atoms with Crippen molar-refractivity contribution >= 4 is 30.6 Å². The van der Waals surface area contributed by atoms with Crippen LogP contribution in [0, 0.1) is 0 Å². The highest BCUT2D eigenvalue weighted by Gasteiger charge is 2.17. The largest absolute Gasteiger partial charge is 0.504 e. The molecule has 0 unspecified atom stereocenters. The topological polar surface area (TPSA) is 67.3 Å². The zero-order chi connectivity index (χ0) is 11.1. The van der Waals surface area contributed by atoms with Crippen molar-refractivity contribution in [2.45, 2.75) is 4.90 Å². The summed E-state index contributed by atoms with van der Waals surface area (Å²) in [6, 6.07) is 6.20. The number of hydrogen-bond acceptors (Lipinski definition) is 4. The van der Waals surface area contributed by atoms with E-state index in [1.807, 2.05) is 0 Å².